The van der Waals surface area contributed by atoms with Crippen molar-refractivity contribution in [3.8, 4) is 6.01 Å². The van der Waals surface area contributed by atoms with Crippen LogP contribution < -0.4 is 10.1 Å². The van der Waals surface area contributed by atoms with Crippen LogP contribution in [0.4, 0.5) is 10.6 Å². The zero-order valence-corrected chi connectivity index (χ0v) is 16.2. The summed E-state index contributed by atoms with van der Waals surface area (Å²) in [5.74, 6) is 2.60. The molecule has 150 valence electrons. The van der Waals surface area contributed by atoms with Crippen LogP contribution in [0.15, 0.2) is 6.07 Å². The second kappa shape index (κ2) is 6.49. The van der Waals surface area contributed by atoms with Crippen LogP contribution in [0.5, 0.6) is 6.01 Å². The lowest BCUT2D eigenvalue weighted by Gasteiger charge is -2.29. The molecule has 28 heavy (non-hydrogen) atoms. The predicted octanol–water partition coefficient (Wildman–Crippen LogP) is 2.59. The minimum Gasteiger partial charge on any atom is -0.465 e. The van der Waals surface area contributed by atoms with Crippen LogP contribution in [0.25, 0.3) is 5.78 Å². The van der Waals surface area contributed by atoms with Crippen molar-refractivity contribution < 1.29 is 14.6 Å². The number of nitrogens with zero attached hydrogens (tertiary/aromatic N) is 5. The molecule has 2 aliphatic carbocycles. The second-order valence-electron chi connectivity index (χ2n) is 8.61. The summed E-state index contributed by atoms with van der Waals surface area (Å²) in [7, 11) is 0. The number of carboxylic acid groups (broad SMARTS) is 1. The molecular formula is C19H26N6O3. The molecule has 2 aromatic rings. The van der Waals surface area contributed by atoms with Gasteiger partial charge in [-0.3, -0.25) is 0 Å². The Bertz CT molecular complexity index is 908. The summed E-state index contributed by atoms with van der Waals surface area (Å²) in [6, 6.07) is 2.59. The van der Waals surface area contributed by atoms with E-state index in [0.717, 1.165) is 43.7 Å². The molecule has 0 radical (unpaired) electrons. The predicted molar refractivity (Wildman–Crippen MR) is 102 cm³/mol. The Morgan fingerprint density at radius 1 is 1.36 bits per heavy atom. The third kappa shape index (κ3) is 3.12. The normalized spacial score (nSPS) is 26.4. The molecule has 3 atom stereocenters. The average Bonchev–Trinajstić information content (AvgIpc) is 3.06. The summed E-state index contributed by atoms with van der Waals surface area (Å²) in [5.41, 5.74) is 0.963. The maximum Gasteiger partial charge on any atom is 0.407 e. The molecule has 3 aliphatic rings. The molecule has 0 spiro atoms. The lowest BCUT2D eigenvalue weighted by molar-refractivity contribution is 0.121. The summed E-state index contributed by atoms with van der Waals surface area (Å²) in [6.45, 7) is 5.66. The fraction of sp³-hybridized carbons (Fsp3) is 0.684. The van der Waals surface area contributed by atoms with E-state index in [-0.39, 0.29) is 18.1 Å². The molecule has 2 bridgehead atoms. The largest absolute Gasteiger partial charge is 0.465 e. The Kier molecular flexibility index (Phi) is 4.06. The van der Waals surface area contributed by atoms with Crippen molar-refractivity contribution in [2.24, 2.45) is 11.8 Å². The number of fused-ring (bicyclic) bond motifs is 3. The Labute approximate surface area is 163 Å². The molecule has 1 saturated heterocycles. The van der Waals surface area contributed by atoms with Crippen LogP contribution in [0.2, 0.25) is 0 Å². The van der Waals surface area contributed by atoms with Crippen LogP contribution in [0, 0.1) is 11.8 Å². The number of ether oxygens (including phenoxy) is 1. The SMILES string of the molecule is CC(C)c1cc(NCC2CC3CC2CN3C(=O)O)n2nc(OC3CC3)nc2n1. The van der Waals surface area contributed by atoms with Gasteiger partial charge in [-0.05, 0) is 43.4 Å². The molecular weight excluding hydrogens is 360 g/mol. The number of nitrogens with one attached hydrogen (secondary N) is 1. The molecule has 3 heterocycles. The fourth-order valence-electron chi connectivity index (χ4n) is 4.45. The van der Waals surface area contributed by atoms with E-state index in [1.807, 2.05) is 6.07 Å². The monoisotopic (exact) mass is 386 g/mol. The van der Waals surface area contributed by atoms with Gasteiger partial charge in [0.1, 0.15) is 11.9 Å². The van der Waals surface area contributed by atoms with Crippen LogP contribution in [-0.4, -0.2) is 60.9 Å². The number of aromatic nitrogens is 4. The fourth-order valence-corrected chi connectivity index (χ4v) is 4.45. The van der Waals surface area contributed by atoms with Crippen molar-refractivity contribution in [3.63, 3.8) is 0 Å². The van der Waals surface area contributed by atoms with E-state index in [1.54, 1.807) is 9.42 Å². The van der Waals surface area contributed by atoms with Gasteiger partial charge in [-0.15, -0.1) is 5.10 Å². The summed E-state index contributed by atoms with van der Waals surface area (Å²) < 4.78 is 7.47. The zero-order chi connectivity index (χ0) is 19.4. The molecule has 9 heteroatoms. The Hall–Kier alpha value is -2.58. The molecule has 0 aromatic carbocycles. The highest BCUT2D eigenvalue weighted by molar-refractivity contribution is 5.66. The van der Waals surface area contributed by atoms with E-state index < -0.39 is 6.09 Å². The first kappa shape index (κ1) is 17.5. The van der Waals surface area contributed by atoms with E-state index in [0.29, 0.717) is 30.2 Å². The molecule has 2 aromatic heterocycles. The summed E-state index contributed by atoms with van der Waals surface area (Å²) >= 11 is 0. The van der Waals surface area contributed by atoms with E-state index in [9.17, 15) is 9.90 Å². The number of hydrogen-bond acceptors (Lipinski definition) is 6. The van der Waals surface area contributed by atoms with Gasteiger partial charge in [-0.25, -0.2) is 9.78 Å². The van der Waals surface area contributed by atoms with E-state index in [2.05, 4.69) is 34.2 Å². The van der Waals surface area contributed by atoms with Crippen molar-refractivity contribution >= 4 is 17.7 Å². The Balaban J connectivity index is 1.34. The molecule has 1 aliphatic heterocycles. The van der Waals surface area contributed by atoms with Crippen molar-refractivity contribution in [1.29, 1.82) is 0 Å². The minimum atomic E-state index is -0.790. The topological polar surface area (TPSA) is 105 Å². The van der Waals surface area contributed by atoms with Gasteiger partial charge in [0.2, 0.25) is 0 Å². The first-order valence-electron chi connectivity index (χ1n) is 10.2. The molecule has 2 N–H and O–H groups in total. The zero-order valence-electron chi connectivity index (χ0n) is 16.2. The average molecular weight is 386 g/mol. The van der Waals surface area contributed by atoms with Gasteiger partial charge < -0.3 is 20.1 Å². The van der Waals surface area contributed by atoms with Crippen LogP contribution in [0.3, 0.4) is 0 Å². The van der Waals surface area contributed by atoms with Crippen LogP contribution >= 0.6 is 0 Å². The lowest BCUT2D eigenvalue weighted by Crippen LogP contribution is -2.40. The Morgan fingerprint density at radius 2 is 2.18 bits per heavy atom. The first-order valence-corrected chi connectivity index (χ1v) is 10.2. The number of amides is 1. The number of likely N-dealkylation sites (tertiary alicyclic amines) is 1. The number of hydrogen-bond donors (Lipinski definition) is 2. The maximum atomic E-state index is 11.3. The minimum absolute atomic E-state index is 0.169. The quantitative estimate of drug-likeness (QED) is 0.786. The van der Waals surface area contributed by atoms with Gasteiger partial charge in [0.25, 0.3) is 5.78 Å². The van der Waals surface area contributed by atoms with Crippen LogP contribution in [-0.2, 0) is 0 Å². The molecule has 9 nitrogen and oxygen atoms in total. The van der Waals surface area contributed by atoms with Gasteiger partial charge in [-0.2, -0.15) is 9.50 Å². The van der Waals surface area contributed by atoms with Crippen molar-refractivity contribution in [2.75, 3.05) is 18.4 Å². The standard InChI is InChI=1S/C19H26N6O3/c1-10(2)15-7-16(25-17(21-15)22-18(23-25)28-14-3-4-14)20-8-11-5-13-6-12(11)9-24(13)19(26)27/h7,10-14,20H,3-6,8-9H2,1-2H3,(H,26,27). The summed E-state index contributed by atoms with van der Waals surface area (Å²) in [6.07, 6.45) is 3.46. The first-order chi connectivity index (χ1) is 13.5. The highest BCUT2D eigenvalue weighted by atomic mass is 16.5. The summed E-state index contributed by atoms with van der Waals surface area (Å²) in [5, 5.41) is 17.3. The van der Waals surface area contributed by atoms with Crippen LogP contribution in [0.1, 0.15) is 51.1 Å². The van der Waals surface area contributed by atoms with Crippen molar-refractivity contribution in [2.45, 2.75) is 57.6 Å². The van der Waals surface area contributed by atoms with E-state index in [1.165, 1.54) is 0 Å². The van der Waals surface area contributed by atoms with Gasteiger partial charge in [0.05, 0.1) is 5.69 Å². The molecule has 1 amide bonds. The van der Waals surface area contributed by atoms with Crippen molar-refractivity contribution in [1.82, 2.24) is 24.5 Å². The van der Waals surface area contributed by atoms with Gasteiger partial charge >= 0.3 is 12.1 Å². The third-order valence-electron chi connectivity index (χ3n) is 6.18. The number of piperidine rings is 1. The molecule has 3 fully saturated rings. The molecule has 2 saturated carbocycles. The summed E-state index contributed by atoms with van der Waals surface area (Å²) in [4.78, 5) is 22.0. The maximum absolute atomic E-state index is 11.3. The van der Waals surface area contributed by atoms with Gasteiger partial charge in [-0.1, -0.05) is 13.8 Å². The van der Waals surface area contributed by atoms with Gasteiger partial charge in [0, 0.05) is 25.2 Å². The smallest absolute Gasteiger partial charge is 0.407 e. The molecule has 5 rings (SSSR count). The third-order valence-corrected chi connectivity index (χ3v) is 6.18. The molecule has 3 unspecified atom stereocenters. The number of rotatable bonds is 6. The van der Waals surface area contributed by atoms with E-state index >= 15 is 0 Å². The Morgan fingerprint density at radius 3 is 2.82 bits per heavy atom. The number of carbonyl (C=O) groups is 1. The lowest BCUT2D eigenvalue weighted by atomic mass is 9.94. The van der Waals surface area contributed by atoms with Gasteiger partial charge in [0.15, 0.2) is 0 Å². The highest BCUT2D eigenvalue weighted by Gasteiger charge is 2.46. The second-order valence-corrected chi connectivity index (χ2v) is 8.61. The highest BCUT2D eigenvalue weighted by Crippen LogP contribution is 2.42. The van der Waals surface area contributed by atoms with Crippen molar-refractivity contribution in [3.05, 3.63) is 11.8 Å². The van der Waals surface area contributed by atoms with E-state index in [4.69, 9.17) is 4.74 Å². The number of anilines is 1.